The number of carbonyl (C=O) groups excluding carboxylic acids is 1. The van der Waals surface area contributed by atoms with Gasteiger partial charge in [-0.05, 0) is 6.42 Å². The van der Waals surface area contributed by atoms with Crippen molar-refractivity contribution in [2.24, 2.45) is 0 Å². The van der Waals surface area contributed by atoms with Gasteiger partial charge in [-0.15, -0.1) is 0 Å². The minimum atomic E-state index is -1.51. The van der Waals surface area contributed by atoms with E-state index in [4.69, 9.17) is 10.2 Å². The molecule has 0 saturated carbocycles. The average molecular weight is 175 g/mol. The first-order valence-corrected chi connectivity index (χ1v) is 3.75. The third-order valence-corrected chi connectivity index (χ3v) is 1.25. The highest BCUT2D eigenvalue weighted by Gasteiger charge is 2.13. The van der Waals surface area contributed by atoms with Gasteiger partial charge in [0, 0.05) is 6.42 Å². The van der Waals surface area contributed by atoms with Crippen molar-refractivity contribution in [1.29, 1.82) is 0 Å². The summed E-state index contributed by atoms with van der Waals surface area (Å²) < 4.78 is 0. The van der Waals surface area contributed by atoms with Gasteiger partial charge in [-0.25, -0.2) is 4.79 Å². The second-order valence-corrected chi connectivity index (χ2v) is 2.41. The molecule has 5 nitrogen and oxygen atoms in total. The minimum Gasteiger partial charge on any atom is -0.479 e. The Morgan fingerprint density at radius 3 is 2.50 bits per heavy atom. The van der Waals surface area contributed by atoms with Crippen LogP contribution in [0.2, 0.25) is 0 Å². The molecule has 1 unspecified atom stereocenters. The highest BCUT2D eigenvalue weighted by molar-refractivity contribution is 5.77. The standard InChI is InChI=1S/C7H13NO4/c1-2-3-6(10)8-4-5(9)7(11)12/h5,9H,2-4H2,1H3,(H,8,10)(H,11,12). The van der Waals surface area contributed by atoms with Gasteiger partial charge in [-0.2, -0.15) is 0 Å². The quantitative estimate of drug-likeness (QED) is 0.518. The Kier molecular flexibility index (Phi) is 5.03. The molecule has 0 radical (unpaired) electrons. The van der Waals surface area contributed by atoms with E-state index < -0.39 is 12.1 Å². The topological polar surface area (TPSA) is 86.6 Å². The largest absolute Gasteiger partial charge is 0.479 e. The van der Waals surface area contributed by atoms with Gasteiger partial charge in [0.15, 0.2) is 6.10 Å². The van der Waals surface area contributed by atoms with Crippen LogP contribution in [0, 0.1) is 0 Å². The highest BCUT2D eigenvalue weighted by Crippen LogP contribution is 1.86. The molecule has 0 aliphatic rings. The predicted octanol–water partition coefficient (Wildman–Crippen LogP) is -0.652. The molecule has 0 heterocycles. The molecule has 1 amide bonds. The molecular formula is C7H13NO4. The molecular weight excluding hydrogens is 162 g/mol. The summed E-state index contributed by atoms with van der Waals surface area (Å²) in [5.74, 6) is -1.57. The molecule has 0 aliphatic carbocycles. The lowest BCUT2D eigenvalue weighted by molar-refractivity contribution is -0.146. The maximum Gasteiger partial charge on any atom is 0.334 e. The summed E-state index contributed by atoms with van der Waals surface area (Å²) in [5.41, 5.74) is 0. The first-order chi connectivity index (χ1) is 5.57. The summed E-state index contributed by atoms with van der Waals surface area (Å²) in [5, 5.41) is 19.2. The number of aliphatic carboxylic acids is 1. The third-order valence-electron chi connectivity index (χ3n) is 1.25. The molecule has 70 valence electrons. The van der Waals surface area contributed by atoms with Crippen LogP contribution in [0.4, 0.5) is 0 Å². The van der Waals surface area contributed by atoms with Crippen molar-refractivity contribution in [1.82, 2.24) is 5.32 Å². The second kappa shape index (κ2) is 5.54. The van der Waals surface area contributed by atoms with Gasteiger partial charge in [0.2, 0.25) is 5.91 Å². The van der Waals surface area contributed by atoms with Crippen LogP contribution in [0.25, 0.3) is 0 Å². The van der Waals surface area contributed by atoms with Crippen molar-refractivity contribution in [3.63, 3.8) is 0 Å². The molecule has 0 aromatic heterocycles. The number of amides is 1. The maximum absolute atomic E-state index is 10.8. The van der Waals surface area contributed by atoms with E-state index in [2.05, 4.69) is 5.32 Å². The Hall–Kier alpha value is -1.10. The fourth-order valence-corrected chi connectivity index (χ4v) is 0.613. The Morgan fingerprint density at radius 1 is 1.50 bits per heavy atom. The fraction of sp³-hybridized carbons (Fsp3) is 0.714. The van der Waals surface area contributed by atoms with E-state index in [0.29, 0.717) is 12.8 Å². The molecule has 0 aromatic carbocycles. The van der Waals surface area contributed by atoms with Crippen LogP contribution in [-0.2, 0) is 9.59 Å². The summed E-state index contributed by atoms with van der Waals surface area (Å²) in [7, 11) is 0. The lowest BCUT2D eigenvalue weighted by Gasteiger charge is -2.06. The van der Waals surface area contributed by atoms with Crippen molar-refractivity contribution in [2.45, 2.75) is 25.9 Å². The fourth-order valence-electron chi connectivity index (χ4n) is 0.613. The number of hydrogen-bond acceptors (Lipinski definition) is 3. The van der Waals surface area contributed by atoms with E-state index in [0.717, 1.165) is 0 Å². The van der Waals surface area contributed by atoms with Crippen LogP contribution in [0.3, 0.4) is 0 Å². The average Bonchev–Trinajstić information content (AvgIpc) is 2.00. The molecule has 0 rings (SSSR count). The van der Waals surface area contributed by atoms with Crippen molar-refractivity contribution in [3.05, 3.63) is 0 Å². The van der Waals surface area contributed by atoms with Crippen LogP contribution >= 0.6 is 0 Å². The van der Waals surface area contributed by atoms with E-state index in [1.807, 2.05) is 6.92 Å². The molecule has 0 spiro atoms. The summed E-state index contributed by atoms with van der Waals surface area (Å²) >= 11 is 0. The molecule has 5 heteroatoms. The summed E-state index contributed by atoms with van der Waals surface area (Å²) in [6.45, 7) is 1.61. The van der Waals surface area contributed by atoms with Gasteiger partial charge in [-0.1, -0.05) is 6.92 Å². The lowest BCUT2D eigenvalue weighted by atomic mass is 10.3. The number of hydrogen-bond donors (Lipinski definition) is 3. The van der Waals surface area contributed by atoms with Gasteiger partial charge in [0.05, 0.1) is 6.54 Å². The third kappa shape index (κ3) is 4.68. The zero-order valence-corrected chi connectivity index (χ0v) is 6.91. The molecule has 0 aliphatic heterocycles. The van der Waals surface area contributed by atoms with Crippen LogP contribution in [0.15, 0.2) is 0 Å². The first-order valence-electron chi connectivity index (χ1n) is 3.75. The van der Waals surface area contributed by atoms with Crippen molar-refractivity contribution in [3.8, 4) is 0 Å². The van der Waals surface area contributed by atoms with E-state index in [1.165, 1.54) is 0 Å². The number of carboxylic acid groups (broad SMARTS) is 1. The van der Waals surface area contributed by atoms with Crippen LogP contribution in [-0.4, -0.2) is 34.7 Å². The van der Waals surface area contributed by atoms with Gasteiger partial charge < -0.3 is 15.5 Å². The van der Waals surface area contributed by atoms with E-state index in [1.54, 1.807) is 0 Å². The monoisotopic (exact) mass is 175 g/mol. The minimum absolute atomic E-state index is 0.228. The normalized spacial score (nSPS) is 12.2. The number of rotatable bonds is 5. The summed E-state index contributed by atoms with van der Waals surface area (Å²) in [6, 6.07) is 0. The first kappa shape index (κ1) is 10.9. The van der Waals surface area contributed by atoms with Crippen LogP contribution in [0.1, 0.15) is 19.8 Å². The molecule has 0 bridgehead atoms. The zero-order chi connectivity index (χ0) is 9.56. The lowest BCUT2D eigenvalue weighted by Crippen LogP contribution is -2.36. The van der Waals surface area contributed by atoms with Crippen LogP contribution in [0.5, 0.6) is 0 Å². The van der Waals surface area contributed by atoms with Gasteiger partial charge in [0.1, 0.15) is 0 Å². The van der Waals surface area contributed by atoms with Crippen molar-refractivity contribution >= 4 is 11.9 Å². The number of carboxylic acids is 1. The van der Waals surface area contributed by atoms with Crippen LogP contribution < -0.4 is 5.32 Å². The predicted molar refractivity (Wildman–Crippen MR) is 41.6 cm³/mol. The van der Waals surface area contributed by atoms with Gasteiger partial charge >= 0.3 is 5.97 Å². The van der Waals surface area contributed by atoms with E-state index >= 15 is 0 Å². The highest BCUT2D eigenvalue weighted by atomic mass is 16.4. The van der Waals surface area contributed by atoms with Gasteiger partial charge in [0.25, 0.3) is 0 Å². The second-order valence-electron chi connectivity index (χ2n) is 2.41. The molecule has 0 fully saturated rings. The molecule has 0 aromatic rings. The number of aliphatic hydroxyl groups excluding tert-OH is 1. The van der Waals surface area contributed by atoms with Crippen molar-refractivity contribution in [2.75, 3.05) is 6.54 Å². The van der Waals surface area contributed by atoms with Crippen molar-refractivity contribution < 1.29 is 19.8 Å². The maximum atomic E-state index is 10.8. The van der Waals surface area contributed by atoms with Gasteiger partial charge in [-0.3, -0.25) is 4.79 Å². The Bertz CT molecular complexity index is 169. The molecule has 0 saturated heterocycles. The molecule has 12 heavy (non-hydrogen) atoms. The summed E-state index contributed by atoms with van der Waals surface area (Å²) in [6.07, 6.45) is -0.452. The SMILES string of the molecule is CCCC(=O)NCC(O)C(=O)O. The zero-order valence-electron chi connectivity index (χ0n) is 6.91. The number of nitrogens with one attached hydrogen (secondary N) is 1. The smallest absolute Gasteiger partial charge is 0.334 e. The number of aliphatic hydroxyl groups is 1. The Labute approximate surface area is 70.4 Å². The molecule has 1 atom stereocenters. The Balaban J connectivity index is 3.54. The van der Waals surface area contributed by atoms with E-state index in [9.17, 15) is 9.59 Å². The van der Waals surface area contributed by atoms with E-state index in [-0.39, 0.29) is 12.5 Å². The molecule has 3 N–H and O–H groups in total. The number of carbonyl (C=O) groups is 2. The Morgan fingerprint density at radius 2 is 2.08 bits per heavy atom. The summed E-state index contributed by atoms with van der Waals surface area (Å²) in [4.78, 5) is 20.8.